The van der Waals surface area contributed by atoms with Crippen LogP contribution in [0.2, 0.25) is 0 Å². The van der Waals surface area contributed by atoms with Crippen molar-refractivity contribution in [2.45, 2.75) is 64.8 Å². The highest BCUT2D eigenvalue weighted by molar-refractivity contribution is 5.78. The Labute approximate surface area is 156 Å². The lowest BCUT2D eigenvalue weighted by molar-refractivity contribution is -0.136. The fourth-order valence-electron chi connectivity index (χ4n) is 4.26. The third-order valence-corrected chi connectivity index (χ3v) is 5.68. The average Bonchev–Trinajstić information content (AvgIpc) is 3.15. The molecule has 2 fully saturated rings. The Morgan fingerprint density at radius 1 is 1.27 bits per heavy atom. The van der Waals surface area contributed by atoms with Gasteiger partial charge < -0.3 is 15.0 Å². The lowest BCUT2D eigenvalue weighted by Crippen LogP contribution is -2.44. The Balaban J connectivity index is 1.44. The molecule has 2 aliphatic rings. The molecule has 0 radical (unpaired) electrons. The molecule has 1 unspecified atom stereocenters. The number of carbonyl (C=O) groups excluding carboxylic acids is 1. The van der Waals surface area contributed by atoms with Crippen molar-refractivity contribution < 1.29 is 9.53 Å². The monoisotopic (exact) mass is 360 g/mol. The van der Waals surface area contributed by atoms with E-state index in [0.717, 1.165) is 44.1 Å². The molecule has 26 heavy (non-hydrogen) atoms. The van der Waals surface area contributed by atoms with Gasteiger partial charge in [-0.3, -0.25) is 4.79 Å². The third kappa shape index (κ3) is 5.08. The summed E-state index contributed by atoms with van der Waals surface area (Å²) in [7, 11) is 0. The second-order valence-corrected chi connectivity index (χ2v) is 7.71. The molecule has 1 saturated carbocycles. The number of carbonyl (C=O) groups is 1. The van der Waals surface area contributed by atoms with E-state index in [1.54, 1.807) is 0 Å². The van der Waals surface area contributed by atoms with Gasteiger partial charge in [0.2, 0.25) is 11.8 Å². The first-order chi connectivity index (χ1) is 12.7. The highest BCUT2D eigenvalue weighted by Gasteiger charge is 2.28. The highest BCUT2D eigenvalue weighted by Crippen LogP contribution is 2.31. The van der Waals surface area contributed by atoms with Crippen LogP contribution in [0.5, 0.6) is 5.88 Å². The number of ether oxygens (including phenoxy) is 1. The van der Waals surface area contributed by atoms with Crippen LogP contribution in [0.15, 0.2) is 12.4 Å². The fourth-order valence-corrected chi connectivity index (χ4v) is 4.26. The van der Waals surface area contributed by atoms with E-state index < -0.39 is 0 Å². The predicted octanol–water partition coefficient (Wildman–Crippen LogP) is 3.49. The summed E-state index contributed by atoms with van der Waals surface area (Å²) in [6, 6.07) is 2.18. The minimum Gasteiger partial charge on any atom is -0.478 e. The average molecular weight is 361 g/mol. The molecule has 1 aromatic rings. The van der Waals surface area contributed by atoms with Gasteiger partial charge in [0.15, 0.2) is 0 Å². The SMILES string of the molecule is CCOc1cc(NC2CCN(C(=O)C(C)CC3CCCC3)CC2)ncn1. The Hall–Kier alpha value is -1.85. The number of anilines is 1. The summed E-state index contributed by atoms with van der Waals surface area (Å²) in [6.07, 6.45) is 9.81. The molecule has 144 valence electrons. The summed E-state index contributed by atoms with van der Waals surface area (Å²) in [5, 5.41) is 3.46. The van der Waals surface area contributed by atoms with Gasteiger partial charge in [0, 0.05) is 31.1 Å². The number of piperidine rings is 1. The molecule has 1 saturated heterocycles. The van der Waals surface area contributed by atoms with Gasteiger partial charge in [-0.25, -0.2) is 9.97 Å². The van der Waals surface area contributed by atoms with E-state index >= 15 is 0 Å². The van der Waals surface area contributed by atoms with E-state index in [0.29, 0.717) is 24.4 Å². The first-order valence-electron chi connectivity index (χ1n) is 10.2. The number of hydrogen-bond acceptors (Lipinski definition) is 5. The number of rotatable bonds is 7. The van der Waals surface area contributed by atoms with Crippen LogP contribution in [0.1, 0.15) is 58.8 Å². The molecular weight excluding hydrogens is 328 g/mol. The van der Waals surface area contributed by atoms with E-state index in [4.69, 9.17) is 4.74 Å². The Morgan fingerprint density at radius 3 is 2.69 bits per heavy atom. The Morgan fingerprint density at radius 2 is 2.00 bits per heavy atom. The topological polar surface area (TPSA) is 67.3 Å². The van der Waals surface area contributed by atoms with Crippen molar-refractivity contribution >= 4 is 11.7 Å². The van der Waals surface area contributed by atoms with E-state index in [2.05, 4.69) is 27.1 Å². The summed E-state index contributed by atoms with van der Waals surface area (Å²) in [5.41, 5.74) is 0. The maximum atomic E-state index is 12.7. The molecule has 1 aliphatic heterocycles. The largest absolute Gasteiger partial charge is 0.478 e. The van der Waals surface area contributed by atoms with Crippen LogP contribution in [-0.4, -0.2) is 46.5 Å². The quantitative estimate of drug-likeness (QED) is 0.806. The summed E-state index contributed by atoms with van der Waals surface area (Å²) in [4.78, 5) is 23.2. The third-order valence-electron chi connectivity index (χ3n) is 5.68. The zero-order chi connectivity index (χ0) is 18.4. The van der Waals surface area contributed by atoms with Crippen molar-refractivity contribution in [3.8, 4) is 5.88 Å². The zero-order valence-corrected chi connectivity index (χ0v) is 16.1. The molecule has 0 aromatic carbocycles. The Bertz CT molecular complexity index is 581. The van der Waals surface area contributed by atoms with Crippen molar-refractivity contribution in [3.63, 3.8) is 0 Å². The summed E-state index contributed by atoms with van der Waals surface area (Å²) < 4.78 is 5.42. The summed E-state index contributed by atoms with van der Waals surface area (Å²) in [6.45, 7) is 6.30. The van der Waals surface area contributed by atoms with Crippen LogP contribution >= 0.6 is 0 Å². The smallest absolute Gasteiger partial charge is 0.225 e. The number of hydrogen-bond donors (Lipinski definition) is 1. The van der Waals surface area contributed by atoms with Crippen LogP contribution in [0.25, 0.3) is 0 Å². The van der Waals surface area contributed by atoms with E-state index in [1.807, 2.05) is 13.0 Å². The molecule has 3 rings (SSSR count). The maximum Gasteiger partial charge on any atom is 0.225 e. The molecule has 1 N–H and O–H groups in total. The standard InChI is InChI=1S/C20H32N4O2/c1-3-26-19-13-18(21-14-22-19)23-17-8-10-24(11-9-17)20(25)15(2)12-16-6-4-5-7-16/h13-17H,3-12H2,1-2H3,(H,21,22,23). The number of aromatic nitrogens is 2. The number of likely N-dealkylation sites (tertiary alicyclic amines) is 1. The summed E-state index contributed by atoms with van der Waals surface area (Å²) in [5.74, 6) is 2.67. The molecule has 0 spiro atoms. The van der Waals surface area contributed by atoms with Crippen molar-refractivity contribution in [2.75, 3.05) is 25.0 Å². The highest BCUT2D eigenvalue weighted by atomic mass is 16.5. The summed E-state index contributed by atoms with van der Waals surface area (Å²) >= 11 is 0. The molecular formula is C20H32N4O2. The lowest BCUT2D eigenvalue weighted by atomic mass is 9.92. The van der Waals surface area contributed by atoms with Gasteiger partial charge in [0.1, 0.15) is 12.1 Å². The van der Waals surface area contributed by atoms with Gasteiger partial charge >= 0.3 is 0 Å². The first kappa shape index (κ1) is 18.9. The molecule has 1 amide bonds. The van der Waals surface area contributed by atoms with Crippen LogP contribution in [0.4, 0.5) is 5.82 Å². The molecule has 6 nitrogen and oxygen atoms in total. The van der Waals surface area contributed by atoms with Crippen molar-refractivity contribution in [1.29, 1.82) is 0 Å². The van der Waals surface area contributed by atoms with Crippen molar-refractivity contribution in [3.05, 3.63) is 12.4 Å². The van der Waals surface area contributed by atoms with E-state index in [1.165, 1.54) is 32.0 Å². The van der Waals surface area contributed by atoms with E-state index in [-0.39, 0.29) is 5.92 Å². The first-order valence-corrected chi connectivity index (χ1v) is 10.2. The molecule has 0 bridgehead atoms. The van der Waals surface area contributed by atoms with Gasteiger partial charge in [-0.2, -0.15) is 0 Å². The van der Waals surface area contributed by atoms with Gasteiger partial charge in [0.05, 0.1) is 6.61 Å². The van der Waals surface area contributed by atoms with Gasteiger partial charge in [0.25, 0.3) is 0 Å². The van der Waals surface area contributed by atoms with E-state index in [9.17, 15) is 4.79 Å². The number of nitrogens with zero attached hydrogens (tertiary/aromatic N) is 3. The normalized spacial score (nSPS) is 20.2. The van der Waals surface area contributed by atoms with Crippen LogP contribution in [0.3, 0.4) is 0 Å². The maximum absolute atomic E-state index is 12.7. The van der Waals surface area contributed by atoms with Gasteiger partial charge in [-0.15, -0.1) is 0 Å². The number of amides is 1. The Kier molecular flexibility index (Phi) is 6.69. The van der Waals surface area contributed by atoms with Gasteiger partial charge in [-0.1, -0.05) is 32.6 Å². The molecule has 2 heterocycles. The second-order valence-electron chi connectivity index (χ2n) is 7.71. The molecule has 1 aromatic heterocycles. The predicted molar refractivity (Wildman–Crippen MR) is 102 cm³/mol. The van der Waals surface area contributed by atoms with Crippen LogP contribution in [-0.2, 0) is 4.79 Å². The fraction of sp³-hybridized carbons (Fsp3) is 0.750. The zero-order valence-electron chi connectivity index (χ0n) is 16.1. The number of nitrogens with one attached hydrogen (secondary N) is 1. The van der Waals surface area contributed by atoms with Gasteiger partial charge in [-0.05, 0) is 32.1 Å². The minimum atomic E-state index is 0.165. The minimum absolute atomic E-state index is 0.165. The molecule has 1 aliphatic carbocycles. The second kappa shape index (κ2) is 9.19. The van der Waals surface area contributed by atoms with Crippen molar-refractivity contribution in [2.24, 2.45) is 11.8 Å². The van der Waals surface area contributed by atoms with Crippen LogP contribution in [0, 0.1) is 11.8 Å². The van der Waals surface area contributed by atoms with Crippen molar-refractivity contribution in [1.82, 2.24) is 14.9 Å². The molecule has 1 atom stereocenters. The lowest BCUT2D eigenvalue weighted by Gasteiger charge is -2.34. The molecule has 6 heteroatoms. The van der Waals surface area contributed by atoms with Crippen LogP contribution < -0.4 is 10.1 Å².